The number of halogens is 3. The second kappa shape index (κ2) is 11.1. The Balaban J connectivity index is 1.16. The number of benzene rings is 1. The standard InChI is InChI=1S/C26H30F3N3O3/c27-26(28,29)22-6-7-23(30-17-22)31-14-10-21(11-15-31)25(34)35-18-24(33)32-12-8-20(9-13-32)16-19-4-2-1-3-5-19/h1-7,17,20-21H,8-16,18H2. The average Bonchev–Trinajstić information content (AvgIpc) is 2.88. The van der Waals surface area contributed by atoms with E-state index in [1.165, 1.54) is 11.6 Å². The van der Waals surface area contributed by atoms with E-state index in [0.717, 1.165) is 31.5 Å². The number of nitrogens with zero attached hydrogens (tertiary/aromatic N) is 3. The predicted octanol–water partition coefficient (Wildman–Crippen LogP) is 4.34. The van der Waals surface area contributed by atoms with Crippen molar-refractivity contribution in [1.82, 2.24) is 9.88 Å². The number of likely N-dealkylation sites (tertiary alicyclic amines) is 1. The number of hydrogen-bond donors (Lipinski definition) is 0. The van der Waals surface area contributed by atoms with Crippen molar-refractivity contribution in [2.45, 2.75) is 38.3 Å². The van der Waals surface area contributed by atoms with E-state index in [4.69, 9.17) is 4.74 Å². The minimum absolute atomic E-state index is 0.164. The van der Waals surface area contributed by atoms with E-state index in [1.807, 2.05) is 23.1 Å². The summed E-state index contributed by atoms with van der Waals surface area (Å²) in [5.74, 6) is 0.120. The molecule has 0 bridgehead atoms. The number of carbonyl (C=O) groups excluding carboxylic acids is 2. The zero-order valence-corrected chi connectivity index (χ0v) is 19.5. The average molecular weight is 490 g/mol. The molecule has 2 aliphatic rings. The number of esters is 1. The molecule has 2 saturated heterocycles. The Morgan fingerprint density at radius 2 is 1.63 bits per heavy atom. The van der Waals surface area contributed by atoms with Gasteiger partial charge in [-0.1, -0.05) is 30.3 Å². The Labute approximate surface area is 203 Å². The number of ether oxygens (including phenoxy) is 1. The molecule has 35 heavy (non-hydrogen) atoms. The third-order valence-corrected chi connectivity index (χ3v) is 6.90. The molecule has 0 aliphatic carbocycles. The summed E-state index contributed by atoms with van der Waals surface area (Å²) in [4.78, 5) is 32.6. The van der Waals surface area contributed by atoms with Gasteiger partial charge < -0.3 is 14.5 Å². The summed E-state index contributed by atoms with van der Waals surface area (Å²) < 4.78 is 43.5. The van der Waals surface area contributed by atoms with E-state index >= 15 is 0 Å². The van der Waals surface area contributed by atoms with Crippen LogP contribution in [0, 0.1) is 11.8 Å². The van der Waals surface area contributed by atoms with Crippen molar-refractivity contribution in [2.24, 2.45) is 11.8 Å². The summed E-state index contributed by atoms with van der Waals surface area (Å²) in [6.45, 7) is 2.07. The number of piperidine rings is 2. The molecule has 0 spiro atoms. The molecular weight excluding hydrogens is 459 g/mol. The molecule has 2 fully saturated rings. The highest BCUT2D eigenvalue weighted by molar-refractivity contribution is 5.81. The molecule has 2 aromatic rings. The molecule has 0 saturated carbocycles. The summed E-state index contributed by atoms with van der Waals surface area (Å²) >= 11 is 0. The van der Waals surface area contributed by atoms with Crippen molar-refractivity contribution in [3.8, 4) is 0 Å². The number of rotatable bonds is 6. The minimum atomic E-state index is -4.42. The molecule has 0 radical (unpaired) electrons. The van der Waals surface area contributed by atoms with Gasteiger partial charge in [0, 0.05) is 32.4 Å². The van der Waals surface area contributed by atoms with Crippen LogP contribution in [-0.4, -0.2) is 54.5 Å². The van der Waals surface area contributed by atoms with Crippen LogP contribution in [0.3, 0.4) is 0 Å². The second-order valence-corrected chi connectivity index (χ2v) is 9.29. The zero-order chi connectivity index (χ0) is 24.8. The topological polar surface area (TPSA) is 62.7 Å². The highest BCUT2D eigenvalue weighted by Crippen LogP contribution is 2.30. The van der Waals surface area contributed by atoms with Crippen molar-refractivity contribution in [1.29, 1.82) is 0 Å². The quantitative estimate of drug-likeness (QED) is 0.565. The maximum Gasteiger partial charge on any atom is 0.417 e. The Kier molecular flexibility index (Phi) is 7.93. The largest absolute Gasteiger partial charge is 0.455 e. The molecule has 3 heterocycles. The van der Waals surface area contributed by atoms with Gasteiger partial charge in [0.2, 0.25) is 0 Å². The Morgan fingerprint density at radius 3 is 2.23 bits per heavy atom. The molecule has 188 valence electrons. The van der Waals surface area contributed by atoms with Crippen LogP contribution in [0.5, 0.6) is 0 Å². The van der Waals surface area contributed by atoms with E-state index in [0.29, 0.717) is 50.8 Å². The van der Waals surface area contributed by atoms with Crippen molar-refractivity contribution in [2.75, 3.05) is 37.7 Å². The lowest BCUT2D eigenvalue weighted by atomic mass is 9.90. The first-order valence-electron chi connectivity index (χ1n) is 12.1. The van der Waals surface area contributed by atoms with Crippen LogP contribution in [0.25, 0.3) is 0 Å². The van der Waals surface area contributed by atoms with Gasteiger partial charge in [0.1, 0.15) is 5.82 Å². The van der Waals surface area contributed by atoms with Gasteiger partial charge in [0.15, 0.2) is 6.61 Å². The summed E-state index contributed by atoms with van der Waals surface area (Å²) in [6.07, 6.45) is 0.291. The first kappa shape index (κ1) is 25.0. The molecule has 2 aliphatic heterocycles. The second-order valence-electron chi connectivity index (χ2n) is 9.29. The maximum absolute atomic E-state index is 12.7. The predicted molar refractivity (Wildman–Crippen MR) is 125 cm³/mol. The van der Waals surface area contributed by atoms with Crippen LogP contribution in [0.4, 0.5) is 19.0 Å². The minimum Gasteiger partial charge on any atom is -0.455 e. The van der Waals surface area contributed by atoms with Crippen molar-refractivity contribution in [3.63, 3.8) is 0 Å². The summed E-state index contributed by atoms with van der Waals surface area (Å²) in [5, 5.41) is 0. The van der Waals surface area contributed by atoms with Gasteiger partial charge in [-0.3, -0.25) is 9.59 Å². The zero-order valence-electron chi connectivity index (χ0n) is 19.5. The number of pyridine rings is 1. The van der Waals surface area contributed by atoms with Crippen LogP contribution in [0.15, 0.2) is 48.7 Å². The Morgan fingerprint density at radius 1 is 0.943 bits per heavy atom. The summed E-state index contributed by atoms with van der Waals surface area (Å²) in [5.41, 5.74) is 0.524. The van der Waals surface area contributed by atoms with Crippen LogP contribution in [0.2, 0.25) is 0 Å². The van der Waals surface area contributed by atoms with Gasteiger partial charge in [-0.05, 0) is 55.7 Å². The van der Waals surface area contributed by atoms with Gasteiger partial charge in [-0.2, -0.15) is 13.2 Å². The fourth-order valence-electron chi connectivity index (χ4n) is 4.76. The van der Waals surface area contributed by atoms with E-state index in [9.17, 15) is 22.8 Å². The van der Waals surface area contributed by atoms with Gasteiger partial charge in [-0.15, -0.1) is 0 Å². The Hall–Kier alpha value is -3.10. The van der Waals surface area contributed by atoms with E-state index in [-0.39, 0.29) is 18.4 Å². The van der Waals surface area contributed by atoms with Gasteiger partial charge in [0.25, 0.3) is 5.91 Å². The molecule has 1 aromatic carbocycles. The van der Waals surface area contributed by atoms with Crippen LogP contribution >= 0.6 is 0 Å². The Bertz CT molecular complexity index is 982. The van der Waals surface area contributed by atoms with Gasteiger partial charge in [0.05, 0.1) is 11.5 Å². The number of carbonyl (C=O) groups is 2. The third kappa shape index (κ3) is 6.74. The lowest BCUT2D eigenvalue weighted by Crippen LogP contribution is -2.42. The van der Waals surface area contributed by atoms with E-state index in [2.05, 4.69) is 17.1 Å². The highest BCUT2D eigenvalue weighted by atomic mass is 19.4. The number of amides is 1. The number of hydrogen-bond acceptors (Lipinski definition) is 5. The van der Waals surface area contributed by atoms with Gasteiger partial charge >= 0.3 is 12.1 Å². The maximum atomic E-state index is 12.7. The molecule has 0 N–H and O–H groups in total. The first-order chi connectivity index (χ1) is 16.8. The molecule has 6 nitrogen and oxygen atoms in total. The molecule has 9 heteroatoms. The summed E-state index contributed by atoms with van der Waals surface area (Å²) in [6, 6.07) is 12.7. The highest BCUT2D eigenvalue weighted by Gasteiger charge is 2.32. The molecule has 0 atom stereocenters. The third-order valence-electron chi connectivity index (χ3n) is 6.90. The summed E-state index contributed by atoms with van der Waals surface area (Å²) in [7, 11) is 0. The molecular formula is C26H30F3N3O3. The number of aromatic nitrogens is 1. The lowest BCUT2D eigenvalue weighted by Gasteiger charge is -2.33. The van der Waals surface area contributed by atoms with Crippen LogP contribution in [0.1, 0.15) is 36.8 Å². The fourth-order valence-corrected chi connectivity index (χ4v) is 4.76. The molecule has 0 unspecified atom stereocenters. The monoisotopic (exact) mass is 489 g/mol. The lowest BCUT2D eigenvalue weighted by molar-refractivity contribution is -0.156. The van der Waals surface area contributed by atoms with Crippen molar-refractivity contribution in [3.05, 3.63) is 59.8 Å². The molecule has 4 rings (SSSR count). The van der Waals surface area contributed by atoms with Gasteiger partial charge in [-0.25, -0.2) is 4.98 Å². The van der Waals surface area contributed by atoms with Crippen molar-refractivity contribution >= 4 is 17.7 Å². The normalized spacial score (nSPS) is 17.9. The SMILES string of the molecule is O=C(OCC(=O)N1CCC(Cc2ccccc2)CC1)C1CCN(c2ccc(C(F)(F)F)cn2)CC1. The van der Waals surface area contributed by atoms with E-state index in [1.54, 1.807) is 4.90 Å². The number of anilines is 1. The first-order valence-corrected chi connectivity index (χ1v) is 12.1. The molecule has 1 amide bonds. The van der Waals surface area contributed by atoms with Crippen LogP contribution in [-0.2, 0) is 26.9 Å². The van der Waals surface area contributed by atoms with Crippen LogP contribution < -0.4 is 4.90 Å². The van der Waals surface area contributed by atoms with E-state index < -0.39 is 17.7 Å². The molecule has 1 aromatic heterocycles. The fraction of sp³-hybridized carbons (Fsp3) is 0.500. The number of alkyl halides is 3. The smallest absolute Gasteiger partial charge is 0.417 e. The van der Waals surface area contributed by atoms with Crippen molar-refractivity contribution < 1.29 is 27.5 Å².